The molecule has 0 spiro atoms. The molecule has 1 atom stereocenters. The Labute approximate surface area is 147 Å². The predicted molar refractivity (Wildman–Crippen MR) is 94.2 cm³/mol. The molecule has 0 aromatic heterocycles. The van der Waals surface area contributed by atoms with E-state index in [0.717, 1.165) is 25.9 Å². The van der Waals surface area contributed by atoms with E-state index in [4.69, 9.17) is 4.74 Å². The fourth-order valence-electron chi connectivity index (χ4n) is 2.64. The second kappa shape index (κ2) is 9.17. The van der Waals surface area contributed by atoms with Gasteiger partial charge in [-0.15, -0.1) is 0 Å². The Morgan fingerprint density at radius 3 is 2.44 bits per heavy atom. The van der Waals surface area contributed by atoms with Gasteiger partial charge in [0.15, 0.2) is 0 Å². The predicted octanol–water partition coefficient (Wildman–Crippen LogP) is 1.31. The Kier molecular flexibility index (Phi) is 6.94. The highest BCUT2D eigenvalue weighted by Crippen LogP contribution is 2.16. The molecule has 0 saturated carbocycles. The average Bonchev–Trinajstić information content (AvgIpc) is 2.63. The first-order valence-corrected chi connectivity index (χ1v) is 8.60. The van der Waals surface area contributed by atoms with Gasteiger partial charge in [-0.2, -0.15) is 0 Å². The minimum absolute atomic E-state index is 0.00892. The molecule has 1 heterocycles. The van der Waals surface area contributed by atoms with E-state index >= 15 is 0 Å². The van der Waals surface area contributed by atoms with E-state index in [1.54, 1.807) is 38.1 Å². The van der Waals surface area contributed by atoms with Crippen molar-refractivity contribution >= 4 is 23.5 Å². The molecule has 7 heteroatoms. The van der Waals surface area contributed by atoms with Gasteiger partial charge in [0, 0.05) is 17.2 Å². The van der Waals surface area contributed by atoms with Crippen molar-refractivity contribution in [3.63, 3.8) is 0 Å². The van der Waals surface area contributed by atoms with Crippen molar-refractivity contribution < 1.29 is 19.1 Å². The molecule has 1 saturated heterocycles. The van der Waals surface area contributed by atoms with Crippen molar-refractivity contribution in [1.82, 2.24) is 10.6 Å². The highest BCUT2D eigenvalue weighted by Gasteiger charge is 2.21. The monoisotopic (exact) mass is 347 g/mol. The number of carbonyl (C=O) groups is 3. The highest BCUT2D eigenvalue weighted by atomic mass is 16.5. The van der Waals surface area contributed by atoms with E-state index < -0.39 is 12.0 Å². The maximum atomic E-state index is 12.2. The number of hydrogen-bond acceptors (Lipinski definition) is 5. The molecule has 0 radical (unpaired) electrons. The molecule has 2 rings (SSSR count). The lowest BCUT2D eigenvalue weighted by Gasteiger charge is -2.21. The number of nitrogens with one attached hydrogen (secondary N) is 3. The van der Waals surface area contributed by atoms with Gasteiger partial charge in [-0.25, -0.2) is 4.79 Å². The van der Waals surface area contributed by atoms with Crippen LogP contribution in [0.5, 0.6) is 0 Å². The fourth-order valence-corrected chi connectivity index (χ4v) is 2.64. The van der Waals surface area contributed by atoms with E-state index in [2.05, 4.69) is 16.0 Å². The summed E-state index contributed by atoms with van der Waals surface area (Å²) in [5.41, 5.74) is 1.06. The van der Waals surface area contributed by atoms with Crippen LogP contribution in [0.2, 0.25) is 0 Å². The van der Waals surface area contributed by atoms with Crippen molar-refractivity contribution in [2.75, 3.05) is 25.0 Å². The Balaban J connectivity index is 1.89. The molecule has 2 amide bonds. The number of ether oxygens (including phenoxy) is 1. The van der Waals surface area contributed by atoms with Crippen LogP contribution in [0.3, 0.4) is 0 Å². The number of anilines is 1. The Morgan fingerprint density at radius 1 is 1.20 bits per heavy atom. The van der Waals surface area contributed by atoms with E-state index in [-0.39, 0.29) is 24.3 Å². The van der Waals surface area contributed by atoms with Crippen molar-refractivity contribution in [2.24, 2.45) is 5.92 Å². The highest BCUT2D eigenvalue weighted by molar-refractivity contribution is 5.98. The molecule has 1 fully saturated rings. The summed E-state index contributed by atoms with van der Waals surface area (Å²) in [6.07, 6.45) is 1.66. The SMILES string of the molecule is CCOC(=O)C(C)NC(=O)c1ccc(NC(=O)C2CCNCC2)cc1. The zero-order chi connectivity index (χ0) is 18.2. The minimum Gasteiger partial charge on any atom is -0.464 e. The maximum Gasteiger partial charge on any atom is 0.328 e. The first-order valence-electron chi connectivity index (χ1n) is 8.60. The molecule has 1 unspecified atom stereocenters. The van der Waals surface area contributed by atoms with Crippen LogP contribution in [0.4, 0.5) is 5.69 Å². The number of rotatable bonds is 6. The molecule has 0 aliphatic carbocycles. The lowest BCUT2D eigenvalue weighted by Crippen LogP contribution is -2.39. The molecule has 7 nitrogen and oxygen atoms in total. The van der Waals surface area contributed by atoms with Crippen LogP contribution in [-0.4, -0.2) is 43.5 Å². The van der Waals surface area contributed by atoms with Crippen LogP contribution in [0.15, 0.2) is 24.3 Å². The number of benzene rings is 1. The maximum absolute atomic E-state index is 12.2. The van der Waals surface area contributed by atoms with Crippen LogP contribution in [0.1, 0.15) is 37.0 Å². The quantitative estimate of drug-likeness (QED) is 0.674. The largest absolute Gasteiger partial charge is 0.464 e. The smallest absolute Gasteiger partial charge is 0.328 e. The zero-order valence-corrected chi connectivity index (χ0v) is 14.6. The molecule has 1 aliphatic heterocycles. The summed E-state index contributed by atoms with van der Waals surface area (Å²) >= 11 is 0. The number of carbonyl (C=O) groups excluding carboxylic acids is 3. The van der Waals surface area contributed by atoms with Crippen LogP contribution >= 0.6 is 0 Å². The summed E-state index contributed by atoms with van der Waals surface area (Å²) in [6.45, 7) is 5.27. The van der Waals surface area contributed by atoms with Crippen molar-refractivity contribution in [2.45, 2.75) is 32.7 Å². The van der Waals surface area contributed by atoms with E-state index in [1.165, 1.54) is 0 Å². The standard InChI is InChI=1S/C18H25N3O4/c1-3-25-18(24)12(2)20-16(22)13-4-6-15(7-5-13)21-17(23)14-8-10-19-11-9-14/h4-7,12,14,19H,3,8-11H2,1-2H3,(H,20,22)(H,21,23). The lowest BCUT2D eigenvalue weighted by atomic mass is 9.97. The second-order valence-corrected chi connectivity index (χ2v) is 6.04. The summed E-state index contributed by atoms with van der Waals surface area (Å²) in [5.74, 6) is -0.803. The third-order valence-corrected chi connectivity index (χ3v) is 4.11. The minimum atomic E-state index is -0.716. The average molecular weight is 347 g/mol. The third kappa shape index (κ3) is 5.56. The van der Waals surface area contributed by atoms with Gasteiger partial charge in [0.05, 0.1) is 6.61 Å². The van der Waals surface area contributed by atoms with Crippen molar-refractivity contribution in [1.29, 1.82) is 0 Å². The van der Waals surface area contributed by atoms with Crippen molar-refractivity contribution in [3.8, 4) is 0 Å². The molecule has 136 valence electrons. The van der Waals surface area contributed by atoms with Gasteiger partial charge >= 0.3 is 5.97 Å². The zero-order valence-electron chi connectivity index (χ0n) is 14.6. The molecule has 1 aromatic rings. The van der Waals surface area contributed by atoms with Gasteiger partial charge in [-0.05, 0) is 64.0 Å². The molecule has 1 aliphatic rings. The fraction of sp³-hybridized carbons (Fsp3) is 0.500. The van der Waals surface area contributed by atoms with E-state index in [9.17, 15) is 14.4 Å². The Bertz CT molecular complexity index is 609. The first kappa shape index (κ1) is 18.9. The Morgan fingerprint density at radius 2 is 1.84 bits per heavy atom. The van der Waals surface area contributed by atoms with Crippen LogP contribution in [-0.2, 0) is 14.3 Å². The summed E-state index contributed by atoms with van der Waals surface area (Å²) in [5, 5.41) is 8.69. The summed E-state index contributed by atoms with van der Waals surface area (Å²) < 4.78 is 4.86. The normalized spacial score (nSPS) is 15.9. The summed E-state index contributed by atoms with van der Waals surface area (Å²) in [7, 11) is 0. The lowest BCUT2D eigenvalue weighted by molar-refractivity contribution is -0.144. The summed E-state index contributed by atoms with van der Waals surface area (Å²) in [6, 6.07) is 5.88. The number of hydrogen-bond donors (Lipinski definition) is 3. The van der Waals surface area contributed by atoms with Gasteiger partial charge in [0.2, 0.25) is 5.91 Å². The molecule has 3 N–H and O–H groups in total. The van der Waals surface area contributed by atoms with E-state index in [1.807, 2.05) is 0 Å². The topological polar surface area (TPSA) is 96.5 Å². The van der Waals surface area contributed by atoms with Crippen molar-refractivity contribution in [3.05, 3.63) is 29.8 Å². The van der Waals surface area contributed by atoms with Gasteiger partial charge in [-0.1, -0.05) is 0 Å². The Hall–Kier alpha value is -2.41. The van der Waals surface area contributed by atoms with Crippen LogP contribution < -0.4 is 16.0 Å². The number of piperidine rings is 1. The second-order valence-electron chi connectivity index (χ2n) is 6.04. The van der Waals surface area contributed by atoms with Crippen LogP contribution in [0, 0.1) is 5.92 Å². The molecule has 25 heavy (non-hydrogen) atoms. The summed E-state index contributed by atoms with van der Waals surface area (Å²) in [4.78, 5) is 35.9. The van der Waals surface area contributed by atoms with Crippen LogP contribution in [0.25, 0.3) is 0 Å². The number of esters is 1. The molecular weight excluding hydrogens is 322 g/mol. The number of amides is 2. The molecular formula is C18H25N3O4. The van der Waals surface area contributed by atoms with Gasteiger partial charge in [0.25, 0.3) is 5.91 Å². The third-order valence-electron chi connectivity index (χ3n) is 4.11. The molecule has 1 aromatic carbocycles. The van der Waals surface area contributed by atoms with Gasteiger partial charge < -0.3 is 20.7 Å². The van der Waals surface area contributed by atoms with Gasteiger partial charge in [-0.3, -0.25) is 9.59 Å². The molecule has 0 bridgehead atoms. The van der Waals surface area contributed by atoms with E-state index in [0.29, 0.717) is 11.3 Å². The first-order chi connectivity index (χ1) is 12.0. The van der Waals surface area contributed by atoms with Gasteiger partial charge in [0.1, 0.15) is 6.04 Å².